The Balaban J connectivity index is 2.07. The van der Waals surface area contributed by atoms with Crippen LogP contribution in [-0.2, 0) is 16.6 Å². The van der Waals surface area contributed by atoms with Gasteiger partial charge in [0.2, 0.25) is 5.91 Å². The summed E-state index contributed by atoms with van der Waals surface area (Å²) in [5.74, 6) is -0.0412. The zero-order valence-corrected chi connectivity index (χ0v) is 13.3. The lowest BCUT2D eigenvalue weighted by molar-refractivity contribution is -0.132. The highest BCUT2D eigenvalue weighted by Crippen LogP contribution is 2.25. The molecule has 0 spiro atoms. The number of aryl methyl sites for hydroxylation is 2. The maximum absolute atomic E-state index is 12.4. The number of nitrogens with zero attached hydrogens (tertiary/aromatic N) is 2. The highest BCUT2D eigenvalue weighted by Gasteiger charge is 2.31. The summed E-state index contributed by atoms with van der Waals surface area (Å²) in [6.45, 7) is 6.55. The minimum absolute atomic E-state index is 0.0164. The second-order valence-corrected chi connectivity index (χ2v) is 5.74. The summed E-state index contributed by atoms with van der Waals surface area (Å²) in [5.41, 5.74) is 8.76. The Hall–Kier alpha value is -1.40. The maximum atomic E-state index is 12.4. The molecule has 0 bridgehead atoms. The van der Waals surface area contributed by atoms with Gasteiger partial charge in [-0.25, -0.2) is 0 Å². The third kappa shape index (κ3) is 3.27. The number of carbonyl (C=O) groups excluding carboxylic acids is 1. The molecule has 0 aliphatic carbocycles. The van der Waals surface area contributed by atoms with Crippen LogP contribution < -0.4 is 11.1 Å². The van der Waals surface area contributed by atoms with E-state index in [0.717, 1.165) is 36.2 Å². The van der Waals surface area contributed by atoms with Gasteiger partial charge in [-0.2, -0.15) is 5.10 Å². The molecule has 3 N–H and O–H groups in total. The van der Waals surface area contributed by atoms with Crippen LogP contribution in [0.25, 0.3) is 0 Å². The van der Waals surface area contributed by atoms with Crippen LogP contribution in [-0.4, -0.2) is 34.4 Å². The molecule has 1 amide bonds. The van der Waals surface area contributed by atoms with Crippen molar-refractivity contribution in [2.24, 2.45) is 12.8 Å². The van der Waals surface area contributed by atoms with Crippen molar-refractivity contribution in [3.05, 3.63) is 17.0 Å². The summed E-state index contributed by atoms with van der Waals surface area (Å²) in [6, 6.07) is -0.0215. The maximum Gasteiger partial charge on any atom is 0.249 e. The van der Waals surface area contributed by atoms with E-state index < -0.39 is 0 Å². The molecule has 1 unspecified atom stereocenters. The largest absolute Gasteiger partial charge is 0.364 e. The molecule has 118 valence electrons. The van der Waals surface area contributed by atoms with Crippen molar-refractivity contribution in [2.75, 3.05) is 6.54 Å². The van der Waals surface area contributed by atoms with Crippen LogP contribution in [0, 0.1) is 13.8 Å². The molecule has 2 rings (SSSR count). The lowest BCUT2D eigenvalue weighted by atomic mass is 10.0. The molecule has 1 aromatic rings. The monoisotopic (exact) mass is 294 g/mol. The predicted molar refractivity (Wildman–Crippen MR) is 80.8 cm³/mol. The third-order valence-corrected chi connectivity index (χ3v) is 4.30. The Kier molecular flexibility index (Phi) is 5.00. The second kappa shape index (κ2) is 6.58. The average molecular weight is 294 g/mol. The van der Waals surface area contributed by atoms with E-state index in [0.29, 0.717) is 6.54 Å². The van der Waals surface area contributed by atoms with Gasteiger partial charge in [-0.15, -0.1) is 0 Å². The molecule has 3 atom stereocenters. The van der Waals surface area contributed by atoms with E-state index in [-0.39, 0.29) is 24.2 Å². The van der Waals surface area contributed by atoms with Crippen LogP contribution in [0.2, 0.25) is 0 Å². The molecular weight excluding hydrogens is 268 g/mol. The van der Waals surface area contributed by atoms with Crippen LogP contribution in [0.3, 0.4) is 0 Å². The fourth-order valence-corrected chi connectivity index (χ4v) is 3.01. The smallest absolute Gasteiger partial charge is 0.249 e. The summed E-state index contributed by atoms with van der Waals surface area (Å²) in [5, 5.41) is 7.53. The molecule has 1 aliphatic heterocycles. The molecule has 0 radical (unpaired) electrons. The first-order valence-electron chi connectivity index (χ1n) is 7.63. The van der Waals surface area contributed by atoms with Gasteiger partial charge in [0.05, 0.1) is 17.8 Å². The summed E-state index contributed by atoms with van der Waals surface area (Å²) < 4.78 is 7.52. The predicted octanol–water partition coefficient (Wildman–Crippen LogP) is 1.11. The first kappa shape index (κ1) is 16.0. The Morgan fingerprint density at radius 2 is 2.24 bits per heavy atom. The summed E-state index contributed by atoms with van der Waals surface area (Å²) in [6.07, 6.45) is 2.07. The first-order chi connectivity index (χ1) is 9.97. The molecule has 2 heterocycles. The van der Waals surface area contributed by atoms with Crippen LogP contribution in [0.15, 0.2) is 0 Å². The second-order valence-electron chi connectivity index (χ2n) is 5.74. The number of nitrogens with one attached hydrogen (secondary N) is 1. The Labute approximate surface area is 126 Å². The fraction of sp³-hybridized carbons (Fsp3) is 0.733. The van der Waals surface area contributed by atoms with Crippen LogP contribution in [0.1, 0.15) is 49.2 Å². The molecule has 1 aromatic heterocycles. The average Bonchev–Trinajstić information content (AvgIpc) is 3.03. The van der Waals surface area contributed by atoms with Crippen molar-refractivity contribution >= 4 is 5.91 Å². The molecule has 1 aliphatic rings. The lowest BCUT2D eigenvalue weighted by Crippen LogP contribution is -2.38. The van der Waals surface area contributed by atoms with Crippen molar-refractivity contribution in [3.8, 4) is 0 Å². The van der Waals surface area contributed by atoms with Gasteiger partial charge >= 0.3 is 0 Å². The van der Waals surface area contributed by atoms with Crippen molar-refractivity contribution < 1.29 is 9.53 Å². The molecule has 1 saturated heterocycles. The van der Waals surface area contributed by atoms with Crippen LogP contribution in [0.4, 0.5) is 0 Å². The summed E-state index contributed by atoms with van der Waals surface area (Å²) in [7, 11) is 1.92. The number of hydrogen-bond acceptors (Lipinski definition) is 4. The number of aromatic nitrogens is 2. The number of ether oxygens (including phenoxy) is 1. The Morgan fingerprint density at radius 1 is 1.52 bits per heavy atom. The van der Waals surface area contributed by atoms with E-state index >= 15 is 0 Å². The molecule has 1 fully saturated rings. The zero-order chi connectivity index (χ0) is 15.6. The molecule has 21 heavy (non-hydrogen) atoms. The fourth-order valence-electron chi connectivity index (χ4n) is 3.01. The van der Waals surface area contributed by atoms with Crippen LogP contribution >= 0.6 is 0 Å². The standard InChI is InChI=1S/C15H26N4O2/c1-5-12(14-9(2)18-19(4)10(14)3)17-15(20)13-7-6-11(8-16)21-13/h11-13H,5-8,16H2,1-4H3,(H,17,20)/t11-,12?,13+/m1/s1. The Morgan fingerprint density at radius 3 is 2.71 bits per heavy atom. The highest BCUT2D eigenvalue weighted by atomic mass is 16.5. The number of amides is 1. The molecule has 6 nitrogen and oxygen atoms in total. The van der Waals surface area contributed by atoms with Crippen LogP contribution in [0.5, 0.6) is 0 Å². The number of carbonyl (C=O) groups is 1. The Bertz CT molecular complexity index is 512. The molecular formula is C15H26N4O2. The van der Waals surface area contributed by atoms with Crippen molar-refractivity contribution in [1.29, 1.82) is 0 Å². The van der Waals surface area contributed by atoms with E-state index in [1.54, 1.807) is 0 Å². The van der Waals surface area contributed by atoms with E-state index in [4.69, 9.17) is 10.5 Å². The van der Waals surface area contributed by atoms with E-state index in [2.05, 4.69) is 17.3 Å². The molecule has 0 aromatic carbocycles. The van der Waals surface area contributed by atoms with Crippen molar-refractivity contribution in [2.45, 2.75) is 58.3 Å². The van der Waals surface area contributed by atoms with E-state index in [9.17, 15) is 4.79 Å². The summed E-state index contributed by atoms with van der Waals surface area (Å²) >= 11 is 0. The van der Waals surface area contributed by atoms with Crippen molar-refractivity contribution in [3.63, 3.8) is 0 Å². The van der Waals surface area contributed by atoms with Crippen molar-refractivity contribution in [1.82, 2.24) is 15.1 Å². The quantitative estimate of drug-likeness (QED) is 0.852. The SMILES string of the molecule is CCC(NC(=O)[C@@H]1CC[C@H](CN)O1)c1c(C)nn(C)c1C. The van der Waals surface area contributed by atoms with E-state index in [1.807, 2.05) is 25.6 Å². The van der Waals surface area contributed by atoms with E-state index in [1.165, 1.54) is 0 Å². The summed E-state index contributed by atoms with van der Waals surface area (Å²) in [4.78, 5) is 12.4. The zero-order valence-electron chi connectivity index (χ0n) is 13.3. The minimum Gasteiger partial charge on any atom is -0.364 e. The topological polar surface area (TPSA) is 82.2 Å². The van der Waals surface area contributed by atoms with Gasteiger partial charge in [-0.3, -0.25) is 9.48 Å². The number of hydrogen-bond donors (Lipinski definition) is 2. The van der Waals surface area contributed by atoms with Gasteiger partial charge in [-0.05, 0) is 33.1 Å². The number of rotatable bonds is 5. The van der Waals surface area contributed by atoms with Gasteiger partial charge in [0, 0.05) is 24.8 Å². The highest BCUT2D eigenvalue weighted by molar-refractivity contribution is 5.81. The van der Waals surface area contributed by atoms with Gasteiger partial charge in [0.15, 0.2) is 0 Å². The minimum atomic E-state index is -0.370. The normalized spacial score (nSPS) is 23.3. The first-order valence-corrected chi connectivity index (χ1v) is 7.63. The molecule has 0 saturated carbocycles. The number of nitrogens with two attached hydrogens (primary N) is 1. The third-order valence-electron chi connectivity index (χ3n) is 4.30. The molecule has 6 heteroatoms. The lowest BCUT2D eigenvalue weighted by Gasteiger charge is -2.20. The van der Waals surface area contributed by atoms with Gasteiger partial charge in [-0.1, -0.05) is 6.92 Å². The van der Waals surface area contributed by atoms with Gasteiger partial charge < -0.3 is 15.8 Å². The van der Waals surface area contributed by atoms with Gasteiger partial charge in [0.25, 0.3) is 0 Å². The van der Waals surface area contributed by atoms with Gasteiger partial charge in [0.1, 0.15) is 6.10 Å².